The van der Waals surface area contributed by atoms with Gasteiger partial charge in [0.2, 0.25) is 0 Å². The van der Waals surface area contributed by atoms with E-state index in [0.29, 0.717) is 0 Å². The van der Waals surface area contributed by atoms with Crippen molar-refractivity contribution < 1.29 is 58.4 Å². The summed E-state index contributed by atoms with van der Waals surface area (Å²) in [4.78, 5) is 0. The summed E-state index contributed by atoms with van der Waals surface area (Å²) in [5.41, 5.74) is 0. The molecule has 0 unspecified atom stereocenters. The van der Waals surface area contributed by atoms with Crippen LogP contribution in [-0.2, 0) is 58.4 Å². The van der Waals surface area contributed by atoms with Crippen molar-refractivity contribution in [1.29, 1.82) is 0 Å². The fourth-order valence-corrected chi connectivity index (χ4v) is 0. The average molecular weight is 771 g/mol. The van der Waals surface area contributed by atoms with Gasteiger partial charge in [0.1, 0.15) is 0 Å². The summed E-state index contributed by atoms with van der Waals surface area (Å²) >= 11 is 0. The van der Waals surface area contributed by atoms with Crippen LogP contribution in [0, 0.1) is 0 Å². The Morgan fingerprint density at radius 2 is 0.214 bits per heavy atom. The second kappa shape index (κ2) is 277. The van der Waals surface area contributed by atoms with Gasteiger partial charge in [-0.2, -0.15) is 0 Å². The molecule has 0 bridgehead atoms. The first-order valence-corrected chi connectivity index (χ1v) is 0. The third-order valence-electron chi connectivity index (χ3n) is 0. The molecule has 0 rings (SSSR count). The molecule has 14 heteroatoms. The van der Waals surface area contributed by atoms with Crippen molar-refractivity contribution in [3.63, 3.8) is 0 Å². The normalized spacial score (nSPS) is 0. The Morgan fingerprint density at radius 3 is 0.214 bits per heavy atom. The molecule has 0 aromatic carbocycles. The smallest absolute Gasteiger partial charge is 3.00 e. The summed E-state index contributed by atoms with van der Waals surface area (Å²) < 4.78 is 0. The predicted molar refractivity (Wildman–Crippen MR) is 44.1 cm³/mol. The van der Waals surface area contributed by atoms with Crippen molar-refractivity contribution in [2.75, 3.05) is 0 Å². The molecule has 0 N–H and O–H groups in total. The number of nitrogens with zero attached hydrogens (tertiary/aromatic N) is 8. The first kappa shape index (κ1) is 331. The third-order valence-corrected chi connectivity index (χ3v) is 0. The Balaban J connectivity index is 0. The maximum Gasteiger partial charge on any atom is 4.00 e. The van der Waals surface area contributed by atoms with Gasteiger partial charge in [-0.15, -0.1) is 0 Å². The Labute approximate surface area is 176 Å². The molecule has 0 radical (unpaired) electrons. The monoisotopic (exact) mass is 777 g/mol. The maximum atomic E-state index is 0. The number of hydrogen-bond donors (Lipinski definition) is 0. The van der Waals surface area contributed by atoms with Gasteiger partial charge in [0, 0.05) is 0 Å². The minimum absolute atomic E-state index is 0. The van der Waals surface area contributed by atoms with Crippen LogP contribution in [0.1, 0.15) is 0 Å². The zero-order valence-corrected chi connectivity index (χ0v) is 19.9. The fraction of sp³-hybridized carbons (Fsp3) is 0. The largest absolute Gasteiger partial charge is 4.00 e. The molecule has 0 aliphatic carbocycles. The van der Waals surface area contributed by atoms with Gasteiger partial charge in [0.05, 0.1) is 0 Å². The van der Waals surface area contributed by atoms with Crippen molar-refractivity contribution in [3.05, 3.63) is 49.2 Å². The van der Waals surface area contributed by atoms with Gasteiger partial charge in [-0.1, -0.05) is 0 Å². The van der Waals surface area contributed by atoms with Crippen LogP contribution >= 0.6 is 0 Å². The van der Waals surface area contributed by atoms with Crippen molar-refractivity contribution in [2.24, 2.45) is 0 Å². The van der Waals surface area contributed by atoms with Gasteiger partial charge < -0.3 is 49.2 Å². The van der Waals surface area contributed by atoms with Crippen LogP contribution in [0.4, 0.5) is 0 Å². The SMILES string of the molecule is [N-3].[N-3].[N-3].[N-3].[N-3].[N-3].[N-3].[N-3].[Ru+4].[Ru+4].[Ru+4].[Sn+4].[Sn+4].[Sn+4]. The van der Waals surface area contributed by atoms with Crippen molar-refractivity contribution in [3.8, 4) is 0 Å². The van der Waals surface area contributed by atoms with E-state index < -0.39 is 0 Å². The molecule has 0 fully saturated rings. The summed E-state index contributed by atoms with van der Waals surface area (Å²) in [5, 5.41) is 0. The first-order valence-electron chi connectivity index (χ1n) is 0. The Kier molecular flexibility index (Phi) is 6540. The van der Waals surface area contributed by atoms with Gasteiger partial charge >= 0.3 is 130 Å². The van der Waals surface area contributed by atoms with E-state index in [2.05, 4.69) is 0 Å². The summed E-state index contributed by atoms with van der Waals surface area (Å²) in [6, 6.07) is 0. The Morgan fingerprint density at radius 1 is 0.214 bits per heavy atom. The molecule has 0 aromatic rings. The van der Waals surface area contributed by atoms with Crippen LogP contribution in [0.2, 0.25) is 0 Å². The summed E-state index contributed by atoms with van der Waals surface area (Å²) in [7, 11) is 0. The van der Waals surface area contributed by atoms with Gasteiger partial charge in [0.25, 0.3) is 0 Å². The molecule has 0 aliphatic heterocycles. The maximum absolute atomic E-state index is 0. The molecule has 0 saturated heterocycles. The zero-order chi connectivity index (χ0) is 0. The molecular formula is N8Ru3Sn3. The van der Waals surface area contributed by atoms with Crippen LogP contribution < -0.4 is 0 Å². The minimum Gasteiger partial charge on any atom is -3.00 e. The van der Waals surface area contributed by atoms with Gasteiger partial charge in [-0.05, 0) is 0 Å². The van der Waals surface area contributed by atoms with Crippen molar-refractivity contribution in [1.82, 2.24) is 0 Å². The topological polar surface area (TPSA) is 244 Å². The van der Waals surface area contributed by atoms with E-state index in [0.717, 1.165) is 0 Å². The van der Waals surface area contributed by atoms with Crippen LogP contribution in [0.3, 0.4) is 0 Å². The number of hydrogen-bond acceptors (Lipinski definition) is 0. The molecule has 8 nitrogen and oxygen atoms in total. The van der Waals surface area contributed by atoms with Gasteiger partial charge in [0.15, 0.2) is 0 Å². The molecule has 76 valence electrons. The molecule has 0 aliphatic rings. The molecule has 0 saturated carbocycles. The van der Waals surface area contributed by atoms with E-state index in [1.54, 1.807) is 0 Å². The van der Waals surface area contributed by atoms with Crippen molar-refractivity contribution >= 4 is 71.7 Å². The van der Waals surface area contributed by atoms with E-state index in [1.807, 2.05) is 0 Å². The molecular weight excluding hydrogens is 771 g/mol. The molecule has 0 aromatic heterocycles. The predicted octanol–water partition coefficient (Wildman–Crippen LogP) is 1.16. The molecule has 0 amide bonds. The van der Waals surface area contributed by atoms with Crippen LogP contribution in [0.5, 0.6) is 0 Å². The molecule has 0 spiro atoms. The quantitative estimate of drug-likeness (QED) is 0.315. The van der Waals surface area contributed by atoms with Crippen LogP contribution in [0.25, 0.3) is 49.2 Å². The average Bonchev–Trinajstić information content (AvgIpc) is 0. The molecule has 0 heterocycles. The Bertz CT molecular complexity index is 19.8. The van der Waals surface area contributed by atoms with E-state index in [1.165, 1.54) is 0 Å². The summed E-state index contributed by atoms with van der Waals surface area (Å²) in [5.74, 6) is 0. The van der Waals surface area contributed by atoms with E-state index in [9.17, 15) is 0 Å². The van der Waals surface area contributed by atoms with Gasteiger partial charge in [-0.25, -0.2) is 0 Å². The minimum atomic E-state index is 0. The summed E-state index contributed by atoms with van der Waals surface area (Å²) in [6.45, 7) is 0. The molecule has 0 atom stereocenters. The van der Waals surface area contributed by atoms with Gasteiger partial charge in [-0.3, -0.25) is 0 Å². The molecule has 14 heavy (non-hydrogen) atoms. The van der Waals surface area contributed by atoms with Crippen molar-refractivity contribution in [2.45, 2.75) is 0 Å². The van der Waals surface area contributed by atoms with E-state index in [-0.39, 0.29) is 179 Å². The second-order valence-electron chi connectivity index (χ2n) is 0. The first-order chi connectivity index (χ1) is 0. The fourth-order valence-electron chi connectivity index (χ4n) is 0. The summed E-state index contributed by atoms with van der Waals surface area (Å²) in [6.07, 6.45) is 0. The Hall–Kier alpha value is 3.95. The number of rotatable bonds is 0. The van der Waals surface area contributed by atoms with Crippen LogP contribution in [0.15, 0.2) is 0 Å². The third kappa shape index (κ3) is 229. The second-order valence-corrected chi connectivity index (χ2v) is 0. The van der Waals surface area contributed by atoms with E-state index >= 15 is 0 Å². The zero-order valence-electron chi connectivity index (χ0n) is 6.14. The van der Waals surface area contributed by atoms with Crippen LogP contribution in [-0.4, -0.2) is 71.7 Å². The van der Waals surface area contributed by atoms with E-state index in [4.69, 9.17) is 0 Å². The standard InChI is InChI=1S/8N.3Ru.3Sn/q8*-3;6*+4.